The Morgan fingerprint density at radius 2 is 1.94 bits per heavy atom. The lowest BCUT2D eigenvalue weighted by molar-refractivity contribution is 0.238. The predicted molar refractivity (Wildman–Crippen MR) is 73.4 cm³/mol. The molecule has 0 radical (unpaired) electrons. The number of rotatable bonds is 2. The fourth-order valence-corrected chi connectivity index (χ4v) is 6.93. The molecule has 0 bridgehead atoms. The molecule has 2 heterocycles. The fourth-order valence-electron chi connectivity index (χ4n) is 2.66. The smallest absolute Gasteiger partial charge is 0.0933 e. The zero-order valence-corrected chi connectivity index (χ0v) is 12.0. The fraction of sp³-hybridized carbons (Fsp3) is 1.00. The van der Waals surface area contributed by atoms with Crippen molar-refractivity contribution >= 4 is 22.6 Å². The molecule has 4 heteroatoms. The maximum Gasteiger partial charge on any atom is 0.0933 e. The van der Waals surface area contributed by atoms with Crippen LogP contribution in [0.5, 0.6) is 0 Å². The van der Waals surface area contributed by atoms with Gasteiger partial charge in [-0.15, -0.1) is 11.8 Å². The second-order valence-electron chi connectivity index (χ2n) is 5.11. The molecule has 0 spiro atoms. The van der Waals surface area contributed by atoms with E-state index in [-0.39, 0.29) is 0 Å². The molecule has 0 aromatic carbocycles. The summed E-state index contributed by atoms with van der Waals surface area (Å²) >= 11 is 1.95. The number of piperidine rings is 1. The number of hydrogen-bond acceptors (Lipinski definition) is 3. The lowest BCUT2D eigenvalue weighted by Gasteiger charge is -2.35. The minimum atomic E-state index is -0.624. The van der Waals surface area contributed by atoms with Crippen molar-refractivity contribution in [1.82, 2.24) is 4.90 Å². The Bertz CT molecular complexity index is 253. The number of nitrogens with zero attached hydrogens (tertiary/aromatic N) is 1. The molecule has 16 heavy (non-hydrogen) atoms. The van der Waals surface area contributed by atoms with E-state index in [1.807, 2.05) is 11.8 Å². The summed E-state index contributed by atoms with van der Waals surface area (Å²) in [5.74, 6) is 0. The number of thioether (sulfide) groups is 1. The van der Waals surface area contributed by atoms with Gasteiger partial charge in [0.25, 0.3) is 0 Å². The number of hydrogen-bond donors (Lipinski definition) is 0. The van der Waals surface area contributed by atoms with Crippen molar-refractivity contribution in [2.75, 3.05) is 19.6 Å². The molecular formula is C12H23NOS2. The summed E-state index contributed by atoms with van der Waals surface area (Å²) in [5.41, 5.74) is 0. The summed E-state index contributed by atoms with van der Waals surface area (Å²) in [6.07, 6.45) is 5.15. The summed E-state index contributed by atoms with van der Waals surface area (Å²) in [5, 5.41) is 1.08. The molecule has 94 valence electrons. The van der Waals surface area contributed by atoms with Crippen molar-refractivity contribution in [3.05, 3.63) is 0 Å². The van der Waals surface area contributed by atoms with Gasteiger partial charge in [0, 0.05) is 27.8 Å². The molecule has 2 saturated heterocycles. The van der Waals surface area contributed by atoms with E-state index < -0.39 is 10.8 Å². The normalized spacial score (nSPS) is 42.1. The van der Waals surface area contributed by atoms with Crippen LogP contribution in [-0.2, 0) is 10.8 Å². The summed E-state index contributed by atoms with van der Waals surface area (Å²) in [6, 6.07) is 0. The molecule has 2 rings (SSSR count). The van der Waals surface area contributed by atoms with Crippen molar-refractivity contribution in [2.24, 2.45) is 0 Å². The Morgan fingerprint density at radius 3 is 2.62 bits per heavy atom. The van der Waals surface area contributed by atoms with Gasteiger partial charge in [0.15, 0.2) is 0 Å². The van der Waals surface area contributed by atoms with Crippen LogP contribution in [0.1, 0.15) is 39.5 Å². The third kappa shape index (κ3) is 3.23. The Labute approximate surface area is 106 Å². The average Bonchev–Trinajstić information content (AvgIpc) is 2.27. The van der Waals surface area contributed by atoms with Gasteiger partial charge >= 0.3 is 0 Å². The summed E-state index contributed by atoms with van der Waals surface area (Å²) < 4.78 is 12.6. The molecule has 1 unspecified atom stereocenters. The highest BCUT2D eigenvalue weighted by molar-refractivity contribution is 8.12. The van der Waals surface area contributed by atoms with Gasteiger partial charge < -0.3 is 4.90 Å². The van der Waals surface area contributed by atoms with Gasteiger partial charge in [0.1, 0.15) is 0 Å². The zero-order chi connectivity index (χ0) is 11.5. The minimum Gasteiger partial charge on any atom is -0.301 e. The van der Waals surface area contributed by atoms with E-state index >= 15 is 0 Å². The second-order valence-corrected chi connectivity index (χ2v) is 9.09. The van der Waals surface area contributed by atoms with Gasteiger partial charge in [-0.2, -0.15) is 0 Å². The molecule has 0 aromatic rings. The predicted octanol–water partition coefficient (Wildman–Crippen LogP) is 2.46. The molecule has 2 aliphatic rings. The first-order chi connectivity index (χ1) is 7.66. The van der Waals surface area contributed by atoms with Crippen molar-refractivity contribution in [2.45, 2.75) is 54.6 Å². The van der Waals surface area contributed by atoms with E-state index in [1.54, 1.807) is 0 Å². The van der Waals surface area contributed by atoms with Crippen molar-refractivity contribution in [1.29, 1.82) is 0 Å². The Kier molecular flexibility index (Phi) is 4.74. The maximum atomic E-state index is 12.2. The third-order valence-corrected chi connectivity index (χ3v) is 7.22. The highest BCUT2D eigenvalue weighted by Crippen LogP contribution is 2.33. The molecule has 0 aromatic heterocycles. The first-order valence-electron chi connectivity index (χ1n) is 6.44. The van der Waals surface area contributed by atoms with E-state index in [0.717, 1.165) is 13.0 Å². The van der Waals surface area contributed by atoms with E-state index in [1.165, 1.54) is 32.4 Å². The second kappa shape index (κ2) is 5.87. The van der Waals surface area contributed by atoms with Gasteiger partial charge in [-0.3, -0.25) is 4.21 Å². The van der Waals surface area contributed by atoms with Crippen LogP contribution in [0.15, 0.2) is 0 Å². The van der Waals surface area contributed by atoms with Crippen LogP contribution in [0.4, 0.5) is 0 Å². The Hall–Kier alpha value is 0.460. The van der Waals surface area contributed by atoms with Crippen LogP contribution in [0.2, 0.25) is 0 Å². The summed E-state index contributed by atoms with van der Waals surface area (Å²) in [4.78, 5) is 2.52. The van der Waals surface area contributed by atoms with Gasteiger partial charge in [-0.05, 0) is 32.4 Å². The summed E-state index contributed by atoms with van der Waals surface area (Å²) in [7, 11) is -0.624. The van der Waals surface area contributed by atoms with E-state index in [4.69, 9.17) is 0 Å². The highest BCUT2D eigenvalue weighted by atomic mass is 32.2. The van der Waals surface area contributed by atoms with Crippen LogP contribution in [0, 0.1) is 0 Å². The molecule has 2 nitrogen and oxygen atoms in total. The molecule has 0 saturated carbocycles. The van der Waals surface area contributed by atoms with Gasteiger partial charge in [0.2, 0.25) is 0 Å². The minimum absolute atomic E-state index is 0.358. The first-order valence-corrected chi connectivity index (χ1v) is 8.66. The molecule has 0 amide bonds. The van der Waals surface area contributed by atoms with Crippen LogP contribution in [-0.4, -0.2) is 43.8 Å². The van der Waals surface area contributed by atoms with Gasteiger partial charge in [0.05, 0.1) is 4.58 Å². The van der Waals surface area contributed by atoms with Crippen molar-refractivity contribution in [3.8, 4) is 0 Å². The maximum absolute atomic E-state index is 12.2. The average molecular weight is 261 g/mol. The molecule has 2 aliphatic heterocycles. The molecule has 4 atom stereocenters. The van der Waals surface area contributed by atoms with Crippen molar-refractivity contribution < 1.29 is 4.21 Å². The standard InChI is InChI=1S/C12H23NOS2/c1-10-8-11(2)16(14)12(15-10)9-13-6-4-3-5-7-13/h10-12H,3-9H2,1-2H3/t10-,11+,12-,16?/m1/s1. The third-order valence-electron chi connectivity index (χ3n) is 3.56. The molecule has 0 aliphatic carbocycles. The van der Waals surface area contributed by atoms with Crippen LogP contribution in [0.25, 0.3) is 0 Å². The van der Waals surface area contributed by atoms with Crippen LogP contribution >= 0.6 is 11.8 Å². The van der Waals surface area contributed by atoms with Crippen molar-refractivity contribution in [3.63, 3.8) is 0 Å². The zero-order valence-electron chi connectivity index (χ0n) is 10.4. The Morgan fingerprint density at radius 1 is 1.25 bits per heavy atom. The topological polar surface area (TPSA) is 20.3 Å². The molecule has 0 N–H and O–H groups in total. The van der Waals surface area contributed by atoms with Gasteiger partial charge in [-0.1, -0.05) is 20.3 Å². The highest BCUT2D eigenvalue weighted by Gasteiger charge is 2.32. The molecular weight excluding hydrogens is 238 g/mol. The number of likely N-dealkylation sites (tertiary alicyclic amines) is 1. The van der Waals surface area contributed by atoms with Crippen LogP contribution in [0.3, 0.4) is 0 Å². The van der Waals surface area contributed by atoms with Crippen LogP contribution < -0.4 is 0 Å². The largest absolute Gasteiger partial charge is 0.301 e. The quantitative estimate of drug-likeness (QED) is 0.761. The first kappa shape index (κ1) is 12.9. The van der Waals surface area contributed by atoms with E-state index in [2.05, 4.69) is 18.7 Å². The Balaban J connectivity index is 1.89. The lowest BCUT2D eigenvalue weighted by atomic mass is 10.1. The summed E-state index contributed by atoms with van der Waals surface area (Å²) in [6.45, 7) is 7.91. The van der Waals surface area contributed by atoms with E-state index in [9.17, 15) is 4.21 Å². The lowest BCUT2D eigenvalue weighted by Crippen LogP contribution is -2.41. The monoisotopic (exact) mass is 261 g/mol. The van der Waals surface area contributed by atoms with Gasteiger partial charge in [-0.25, -0.2) is 0 Å². The SMILES string of the molecule is C[C@@H]1C[C@H](C)S(=O)[C@H](CN2CCCCC2)S1. The molecule has 2 fully saturated rings. The van der Waals surface area contributed by atoms with E-state index in [0.29, 0.717) is 15.1 Å².